The summed E-state index contributed by atoms with van der Waals surface area (Å²) in [7, 11) is -3.50. The molecule has 0 spiro atoms. The highest BCUT2D eigenvalue weighted by Crippen LogP contribution is 2.34. The van der Waals surface area contributed by atoms with Crippen LogP contribution >= 0.6 is 0 Å². The van der Waals surface area contributed by atoms with Gasteiger partial charge in [0.25, 0.3) is 0 Å². The van der Waals surface area contributed by atoms with Crippen molar-refractivity contribution in [2.45, 2.75) is 45.1 Å². The van der Waals surface area contributed by atoms with E-state index in [1.165, 1.54) is 0 Å². The van der Waals surface area contributed by atoms with Gasteiger partial charge in [0.05, 0.1) is 0 Å². The van der Waals surface area contributed by atoms with E-state index in [0.717, 1.165) is 12.8 Å². The number of sulfonamides is 1. The first-order valence-electron chi connectivity index (χ1n) is 6.70. The first-order chi connectivity index (χ1) is 8.91. The fraction of sp³-hybridized carbons (Fsp3) is 0.692. The van der Waals surface area contributed by atoms with Crippen molar-refractivity contribution in [1.82, 2.24) is 4.31 Å². The zero-order valence-corrected chi connectivity index (χ0v) is 12.6. The summed E-state index contributed by atoms with van der Waals surface area (Å²) in [4.78, 5) is 0.273. The molecule has 1 aromatic heterocycles. The molecule has 0 unspecified atom stereocenters. The lowest BCUT2D eigenvalue weighted by molar-refractivity contribution is 0.409. The molecule has 0 atom stereocenters. The fourth-order valence-corrected chi connectivity index (χ4v) is 4.35. The van der Waals surface area contributed by atoms with Gasteiger partial charge in [-0.3, -0.25) is 0 Å². The Labute approximate surface area is 114 Å². The largest absolute Gasteiger partial charge is 0.465 e. The molecule has 1 aliphatic carbocycles. The second-order valence-corrected chi connectivity index (χ2v) is 7.00. The third kappa shape index (κ3) is 2.70. The molecule has 2 N–H and O–H groups in total. The Morgan fingerprint density at radius 2 is 1.95 bits per heavy atom. The smallest absolute Gasteiger partial charge is 0.246 e. The van der Waals surface area contributed by atoms with Gasteiger partial charge in [-0.25, -0.2) is 8.42 Å². The molecule has 2 rings (SSSR count). The van der Waals surface area contributed by atoms with Crippen LogP contribution in [0, 0.1) is 19.8 Å². The van der Waals surface area contributed by atoms with Crippen LogP contribution in [0.4, 0.5) is 0 Å². The summed E-state index contributed by atoms with van der Waals surface area (Å²) in [6.45, 7) is 6.57. The summed E-state index contributed by atoms with van der Waals surface area (Å²) in [5.74, 6) is 1.55. The first kappa shape index (κ1) is 14.6. The van der Waals surface area contributed by atoms with E-state index in [1.807, 2.05) is 6.92 Å². The molecule has 0 aromatic carbocycles. The molecule has 6 heteroatoms. The number of aryl methyl sites for hydroxylation is 2. The number of furan rings is 1. The van der Waals surface area contributed by atoms with Gasteiger partial charge in [-0.2, -0.15) is 4.31 Å². The average Bonchev–Trinajstić information content (AvgIpc) is 3.10. The van der Waals surface area contributed by atoms with Crippen LogP contribution in [0.15, 0.2) is 9.31 Å². The minimum atomic E-state index is -3.50. The van der Waals surface area contributed by atoms with Gasteiger partial charge >= 0.3 is 0 Å². The number of hydrogen-bond acceptors (Lipinski definition) is 4. The molecule has 1 heterocycles. The number of rotatable bonds is 6. The second-order valence-electron chi connectivity index (χ2n) is 5.13. The lowest BCUT2D eigenvalue weighted by Gasteiger charge is -2.20. The molecule has 1 aliphatic rings. The molecular weight excluding hydrogens is 264 g/mol. The molecule has 1 aromatic rings. The Kier molecular flexibility index (Phi) is 4.03. The van der Waals surface area contributed by atoms with Gasteiger partial charge in [0.2, 0.25) is 10.0 Å². The van der Waals surface area contributed by atoms with Crippen LogP contribution in [0.1, 0.15) is 36.8 Å². The molecule has 108 valence electrons. The Morgan fingerprint density at radius 1 is 1.32 bits per heavy atom. The van der Waals surface area contributed by atoms with Crippen LogP contribution in [-0.2, 0) is 16.6 Å². The SMILES string of the molecule is CCN(CC1CC1)S(=O)(=O)c1c(C)oc(C)c1CN. The van der Waals surface area contributed by atoms with Crippen molar-refractivity contribution in [2.24, 2.45) is 11.7 Å². The van der Waals surface area contributed by atoms with E-state index >= 15 is 0 Å². The van der Waals surface area contributed by atoms with Crippen LogP contribution < -0.4 is 5.73 Å². The monoisotopic (exact) mass is 286 g/mol. The van der Waals surface area contributed by atoms with E-state index in [9.17, 15) is 8.42 Å². The van der Waals surface area contributed by atoms with Gasteiger partial charge in [0.15, 0.2) is 0 Å². The van der Waals surface area contributed by atoms with Gasteiger partial charge in [0.1, 0.15) is 16.4 Å². The van der Waals surface area contributed by atoms with Gasteiger partial charge in [0, 0.05) is 25.2 Å². The molecule has 19 heavy (non-hydrogen) atoms. The molecule has 0 amide bonds. The lowest BCUT2D eigenvalue weighted by atomic mass is 10.2. The van der Waals surface area contributed by atoms with E-state index in [4.69, 9.17) is 10.2 Å². The van der Waals surface area contributed by atoms with Crippen LogP contribution in [0.3, 0.4) is 0 Å². The topological polar surface area (TPSA) is 76.5 Å². The predicted molar refractivity (Wildman–Crippen MR) is 73.2 cm³/mol. The molecule has 5 nitrogen and oxygen atoms in total. The Morgan fingerprint density at radius 3 is 2.42 bits per heavy atom. The maximum atomic E-state index is 12.8. The van der Waals surface area contributed by atoms with Gasteiger partial charge in [-0.1, -0.05) is 6.92 Å². The summed E-state index contributed by atoms with van der Waals surface area (Å²) in [6.07, 6.45) is 2.25. The maximum Gasteiger partial charge on any atom is 0.246 e. The Bertz CT molecular complexity index is 559. The van der Waals surface area contributed by atoms with Crippen molar-refractivity contribution in [1.29, 1.82) is 0 Å². The molecule has 0 radical (unpaired) electrons. The highest BCUT2D eigenvalue weighted by Gasteiger charge is 2.34. The first-order valence-corrected chi connectivity index (χ1v) is 8.14. The van der Waals surface area contributed by atoms with Crippen molar-refractivity contribution in [3.63, 3.8) is 0 Å². The predicted octanol–water partition coefficient (Wildman–Crippen LogP) is 1.78. The number of nitrogens with two attached hydrogens (primary N) is 1. The van der Waals surface area contributed by atoms with Crippen LogP contribution in [-0.4, -0.2) is 25.8 Å². The molecule has 1 saturated carbocycles. The van der Waals surface area contributed by atoms with Crippen molar-refractivity contribution in [3.05, 3.63) is 17.1 Å². The van der Waals surface area contributed by atoms with Crippen LogP contribution in [0.2, 0.25) is 0 Å². The van der Waals surface area contributed by atoms with Crippen molar-refractivity contribution in [3.8, 4) is 0 Å². The Hall–Kier alpha value is -0.850. The highest BCUT2D eigenvalue weighted by molar-refractivity contribution is 7.89. The van der Waals surface area contributed by atoms with Crippen LogP contribution in [0.25, 0.3) is 0 Å². The molecule has 0 saturated heterocycles. The molecule has 0 aliphatic heterocycles. The standard InChI is InChI=1S/C13H22N2O3S/c1-4-15(8-11-5-6-11)19(16,17)13-10(3)18-9(2)12(13)7-14/h11H,4-8,14H2,1-3H3. The van der Waals surface area contributed by atoms with Gasteiger partial charge in [-0.15, -0.1) is 0 Å². The zero-order valence-electron chi connectivity index (χ0n) is 11.8. The Balaban J connectivity index is 2.42. The second kappa shape index (κ2) is 5.26. The molecular formula is C13H22N2O3S. The van der Waals surface area contributed by atoms with Gasteiger partial charge < -0.3 is 10.2 Å². The number of nitrogens with zero attached hydrogens (tertiary/aromatic N) is 1. The summed E-state index contributed by atoms with van der Waals surface area (Å²) in [5, 5.41) is 0. The number of hydrogen-bond donors (Lipinski definition) is 1. The maximum absolute atomic E-state index is 12.8. The summed E-state index contributed by atoms with van der Waals surface area (Å²) >= 11 is 0. The fourth-order valence-electron chi connectivity index (χ4n) is 2.40. The highest BCUT2D eigenvalue weighted by atomic mass is 32.2. The van der Waals surface area contributed by atoms with E-state index < -0.39 is 10.0 Å². The lowest BCUT2D eigenvalue weighted by Crippen LogP contribution is -2.33. The van der Waals surface area contributed by atoms with E-state index in [1.54, 1.807) is 18.2 Å². The third-order valence-corrected chi connectivity index (χ3v) is 5.78. The minimum absolute atomic E-state index is 0.179. The van der Waals surface area contributed by atoms with E-state index in [-0.39, 0.29) is 11.4 Å². The average molecular weight is 286 g/mol. The van der Waals surface area contributed by atoms with E-state index in [2.05, 4.69) is 0 Å². The van der Waals surface area contributed by atoms with E-state index in [0.29, 0.717) is 36.1 Å². The summed E-state index contributed by atoms with van der Waals surface area (Å²) < 4.78 is 32.5. The minimum Gasteiger partial charge on any atom is -0.465 e. The zero-order chi connectivity index (χ0) is 14.2. The summed E-state index contributed by atoms with van der Waals surface area (Å²) in [5.41, 5.74) is 6.28. The van der Waals surface area contributed by atoms with Gasteiger partial charge in [-0.05, 0) is 32.6 Å². The third-order valence-electron chi connectivity index (χ3n) is 3.64. The summed E-state index contributed by atoms with van der Waals surface area (Å²) in [6, 6.07) is 0. The quantitative estimate of drug-likeness (QED) is 0.864. The molecule has 1 fully saturated rings. The van der Waals surface area contributed by atoms with Crippen molar-refractivity contribution in [2.75, 3.05) is 13.1 Å². The van der Waals surface area contributed by atoms with Crippen LogP contribution in [0.5, 0.6) is 0 Å². The van der Waals surface area contributed by atoms with Crippen molar-refractivity contribution >= 4 is 10.0 Å². The van der Waals surface area contributed by atoms with Crippen molar-refractivity contribution < 1.29 is 12.8 Å². The molecule has 0 bridgehead atoms. The normalized spacial score (nSPS) is 16.3.